The number of para-hydroxylation sites is 4. The van der Waals surface area contributed by atoms with Gasteiger partial charge in [0.15, 0.2) is 0 Å². The molecule has 0 radical (unpaired) electrons. The first kappa shape index (κ1) is 29.5. The molecule has 5 aromatic rings. The van der Waals surface area contributed by atoms with Crippen molar-refractivity contribution in [3.63, 3.8) is 0 Å². The zero-order valence-electron chi connectivity index (χ0n) is 23.0. The van der Waals surface area contributed by atoms with Crippen LogP contribution in [0, 0.1) is 20.2 Å². The Hall–Kier alpha value is -6.97. The number of phenols is 2. The quantitative estimate of drug-likeness (QED) is 0.0837. The van der Waals surface area contributed by atoms with Crippen molar-refractivity contribution in [2.45, 2.75) is 0 Å². The highest BCUT2D eigenvalue weighted by Crippen LogP contribution is 2.33. The van der Waals surface area contributed by atoms with Gasteiger partial charge in [0.05, 0.1) is 22.3 Å². The minimum atomic E-state index is -0.716. The van der Waals surface area contributed by atoms with Crippen molar-refractivity contribution in [2.24, 2.45) is 10.2 Å². The van der Waals surface area contributed by atoms with Gasteiger partial charge in [-0.3, -0.25) is 25.1 Å². The van der Waals surface area contributed by atoms with E-state index in [4.69, 9.17) is 0 Å². The lowest BCUT2D eigenvalue weighted by atomic mass is 10.2. The maximum absolute atomic E-state index is 11.2. The molecule has 224 valence electrons. The van der Waals surface area contributed by atoms with Gasteiger partial charge in [-0.1, -0.05) is 48.5 Å². The van der Waals surface area contributed by atoms with Gasteiger partial charge in [0.25, 0.3) is 0 Å². The lowest BCUT2D eigenvalue weighted by molar-refractivity contribution is -0.386. The number of aromatic nitrogens is 3. The Bertz CT molecular complexity index is 1770. The molecule has 0 amide bonds. The van der Waals surface area contributed by atoms with Crippen LogP contribution >= 0.6 is 0 Å². The molecular weight excluding hydrogens is 584 g/mol. The zero-order chi connectivity index (χ0) is 31.8. The maximum Gasteiger partial charge on any atom is 0.311 e. The van der Waals surface area contributed by atoms with E-state index in [9.17, 15) is 30.4 Å². The van der Waals surface area contributed by atoms with Crippen LogP contribution in [0.1, 0.15) is 11.1 Å². The SMILES string of the molecule is O=[N+]([O-])c1cccc(/C=N/Nc2nc(N/N=C/c3cccc([N+](=O)[O-])c3O)nc(N(c3ccccc3)c3ccccc3)n2)c1O. The third kappa shape index (κ3) is 6.92. The predicted molar refractivity (Wildman–Crippen MR) is 166 cm³/mol. The van der Waals surface area contributed by atoms with E-state index in [0.29, 0.717) is 11.4 Å². The van der Waals surface area contributed by atoms with Crippen molar-refractivity contribution < 1.29 is 20.1 Å². The molecule has 0 aliphatic carbocycles. The number of hydrogen-bond donors (Lipinski definition) is 4. The summed E-state index contributed by atoms with van der Waals surface area (Å²) < 4.78 is 0. The molecule has 0 unspecified atom stereocenters. The minimum absolute atomic E-state index is 0.0703. The summed E-state index contributed by atoms with van der Waals surface area (Å²) in [5.74, 6) is -1.15. The number of nitro groups is 2. The molecule has 0 spiro atoms. The molecule has 16 heteroatoms. The second-order valence-electron chi connectivity index (χ2n) is 8.97. The summed E-state index contributed by atoms with van der Waals surface area (Å²) in [6.45, 7) is 0. The maximum atomic E-state index is 11.2. The number of nitro benzene ring substituents is 2. The number of phenolic OH excluding ortho intramolecular Hbond substituents is 2. The topological polar surface area (TPSA) is 217 Å². The van der Waals surface area contributed by atoms with Crippen molar-refractivity contribution in [3.8, 4) is 11.5 Å². The lowest BCUT2D eigenvalue weighted by Gasteiger charge is -2.23. The van der Waals surface area contributed by atoms with Gasteiger partial charge < -0.3 is 10.2 Å². The normalized spacial score (nSPS) is 11.0. The van der Waals surface area contributed by atoms with Gasteiger partial charge in [-0.25, -0.2) is 10.9 Å². The molecule has 4 aromatic carbocycles. The average Bonchev–Trinajstić information content (AvgIpc) is 3.03. The van der Waals surface area contributed by atoms with Gasteiger partial charge in [-0.2, -0.15) is 25.2 Å². The third-order valence-electron chi connectivity index (χ3n) is 6.07. The summed E-state index contributed by atoms with van der Waals surface area (Å²) in [7, 11) is 0. The van der Waals surface area contributed by atoms with Gasteiger partial charge in [-0.15, -0.1) is 0 Å². The number of nitrogens with one attached hydrogen (secondary N) is 2. The van der Waals surface area contributed by atoms with Crippen molar-refractivity contribution >= 4 is 53.0 Å². The smallest absolute Gasteiger partial charge is 0.311 e. The molecule has 0 bridgehead atoms. The second kappa shape index (κ2) is 13.3. The fraction of sp³-hybridized carbons (Fsp3) is 0. The fourth-order valence-corrected chi connectivity index (χ4v) is 4.02. The molecule has 0 aliphatic rings. The molecule has 1 heterocycles. The van der Waals surface area contributed by atoms with E-state index in [0.717, 1.165) is 24.6 Å². The van der Waals surface area contributed by atoms with E-state index in [1.165, 1.54) is 24.3 Å². The van der Waals surface area contributed by atoms with E-state index in [1.807, 2.05) is 60.7 Å². The van der Waals surface area contributed by atoms with E-state index in [-0.39, 0.29) is 29.0 Å². The fourth-order valence-electron chi connectivity index (χ4n) is 4.02. The Kier molecular flexibility index (Phi) is 8.75. The number of benzene rings is 4. The first-order valence-electron chi connectivity index (χ1n) is 13.0. The summed E-state index contributed by atoms with van der Waals surface area (Å²) in [5.41, 5.74) is 5.87. The van der Waals surface area contributed by atoms with Gasteiger partial charge in [0, 0.05) is 34.6 Å². The van der Waals surface area contributed by atoms with Crippen molar-refractivity contribution in [1.82, 2.24) is 15.0 Å². The average molecular weight is 607 g/mol. The van der Waals surface area contributed by atoms with Crippen molar-refractivity contribution in [1.29, 1.82) is 0 Å². The largest absolute Gasteiger partial charge is 0.502 e. The first-order chi connectivity index (χ1) is 21.8. The number of aromatic hydroxyl groups is 2. The predicted octanol–water partition coefficient (Wildman–Crippen LogP) is 5.46. The van der Waals surface area contributed by atoms with E-state index >= 15 is 0 Å². The van der Waals surface area contributed by atoms with Gasteiger partial charge in [-0.05, 0) is 36.4 Å². The standard InChI is InChI=1S/C29H22N10O6/c40-25-19(9-7-15-23(25)38(42)43)17-30-35-27-32-28(36-31-18-20-10-8-16-24(26(20)41)39(44)45)34-29(33-27)37(21-11-3-1-4-12-21)22-13-5-2-6-14-22/h1-18,40-41H,(H2,32,33,34,35,36)/b30-17+,31-18+. The Morgan fingerprint density at radius 2 is 1.04 bits per heavy atom. The molecule has 1 aromatic heterocycles. The molecule has 0 saturated carbocycles. The Balaban J connectivity index is 1.52. The Morgan fingerprint density at radius 1 is 0.622 bits per heavy atom. The van der Waals surface area contributed by atoms with Gasteiger partial charge in [0.1, 0.15) is 0 Å². The van der Waals surface area contributed by atoms with Crippen LogP contribution < -0.4 is 15.8 Å². The third-order valence-corrected chi connectivity index (χ3v) is 6.07. The molecule has 0 aliphatic heterocycles. The van der Waals surface area contributed by atoms with E-state index < -0.39 is 32.7 Å². The number of nitrogens with zero attached hydrogens (tertiary/aromatic N) is 8. The number of anilines is 5. The Morgan fingerprint density at radius 3 is 1.44 bits per heavy atom. The van der Waals surface area contributed by atoms with Gasteiger partial charge in [0.2, 0.25) is 29.3 Å². The number of hydrazone groups is 2. The van der Waals surface area contributed by atoms with Gasteiger partial charge >= 0.3 is 11.4 Å². The lowest BCUT2D eigenvalue weighted by Crippen LogP contribution is -2.16. The number of hydrogen-bond acceptors (Lipinski definition) is 14. The molecular formula is C29H22N10O6. The zero-order valence-corrected chi connectivity index (χ0v) is 23.0. The molecule has 4 N–H and O–H groups in total. The van der Waals surface area contributed by atoms with Crippen LogP contribution in [-0.2, 0) is 0 Å². The first-order valence-corrected chi connectivity index (χ1v) is 13.0. The number of rotatable bonds is 11. The highest BCUT2D eigenvalue weighted by Gasteiger charge is 2.19. The minimum Gasteiger partial charge on any atom is -0.502 e. The summed E-state index contributed by atoms with van der Waals surface area (Å²) in [6, 6.07) is 26.5. The van der Waals surface area contributed by atoms with E-state index in [2.05, 4.69) is 36.0 Å². The molecule has 5 rings (SSSR count). The van der Waals surface area contributed by atoms with Crippen LogP contribution in [0.25, 0.3) is 0 Å². The summed E-state index contributed by atoms with van der Waals surface area (Å²) in [5, 5.41) is 50.9. The molecule has 0 saturated heterocycles. The van der Waals surface area contributed by atoms with Crippen LogP contribution in [0.5, 0.6) is 11.5 Å². The molecule has 16 nitrogen and oxygen atoms in total. The van der Waals surface area contributed by atoms with E-state index in [1.54, 1.807) is 4.90 Å². The Labute approximate surface area is 254 Å². The second-order valence-corrected chi connectivity index (χ2v) is 8.97. The van der Waals surface area contributed by atoms with Crippen molar-refractivity contribution in [3.05, 3.63) is 128 Å². The summed E-state index contributed by atoms with van der Waals surface area (Å²) >= 11 is 0. The van der Waals surface area contributed by atoms with Crippen LogP contribution in [0.4, 0.5) is 40.6 Å². The van der Waals surface area contributed by atoms with Crippen LogP contribution in [0.2, 0.25) is 0 Å². The highest BCUT2D eigenvalue weighted by molar-refractivity contribution is 5.86. The summed E-state index contributed by atoms with van der Waals surface area (Å²) in [6.07, 6.45) is 2.32. The monoisotopic (exact) mass is 606 g/mol. The van der Waals surface area contributed by atoms with Crippen LogP contribution in [0.3, 0.4) is 0 Å². The van der Waals surface area contributed by atoms with Crippen LogP contribution in [-0.4, -0.2) is 47.4 Å². The van der Waals surface area contributed by atoms with Crippen molar-refractivity contribution in [2.75, 3.05) is 15.8 Å². The molecule has 45 heavy (non-hydrogen) atoms. The highest BCUT2D eigenvalue weighted by atomic mass is 16.6. The molecule has 0 atom stereocenters. The summed E-state index contributed by atoms with van der Waals surface area (Å²) in [4.78, 5) is 35.9. The van der Waals surface area contributed by atoms with Crippen LogP contribution in [0.15, 0.2) is 107 Å². The molecule has 0 fully saturated rings.